The molecule has 4 N–H and O–H groups in total. The number of para-hydroxylation sites is 1. The Morgan fingerprint density at radius 1 is 1.16 bits per heavy atom. The molecule has 0 aliphatic carbocycles. The van der Waals surface area contributed by atoms with Gasteiger partial charge in [-0.1, -0.05) is 18.2 Å². The number of H-pyrrole nitrogens is 1. The lowest BCUT2D eigenvalue weighted by molar-refractivity contribution is -0.120. The van der Waals surface area contributed by atoms with Gasteiger partial charge in [0.25, 0.3) is 11.5 Å². The Hall–Kier alpha value is -4.21. The van der Waals surface area contributed by atoms with Crippen LogP contribution in [0.5, 0.6) is 0 Å². The maximum Gasteiger partial charge on any atom is 0.262 e. The summed E-state index contributed by atoms with van der Waals surface area (Å²) < 4.78 is 1.44. The zero-order valence-corrected chi connectivity index (χ0v) is 16.8. The van der Waals surface area contributed by atoms with Crippen LogP contribution in [0.1, 0.15) is 23.7 Å². The third kappa shape index (κ3) is 4.22. The van der Waals surface area contributed by atoms with Crippen molar-refractivity contribution < 1.29 is 9.59 Å². The summed E-state index contributed by atoms with van der Waals surface area (Å²) in [4.78, 5) is 41.4. The smallest absolute Gasteiger partial charge is 0.262 e. The number of anilines is 1. The normalized spacial score (nSPS) is 10.9. The molecule has 0 aliphatic heterocycles. The number of carbonyl (C=O) groups is 2. The van der Waals surface area contributed by atoms with Crippen LogP contribution in [0.2, 0.25) is 0 Å². The number of hydrazine groups is 1. The van der Waals surface area contributed by atoms with Gasteiger partial charge in [-0.2, -0.15) is 5.10 Å². The van der Waals surface area contributed by atoms with Crippen LogP contribution in [0.3, 0.4) is 0 Å². The summed E-state index contributed by atoms with van der Waals surface area (Å²) in [7, 11) is 0. The summed E-state index contributed by atoms with van der Waals surface area (Å²) in [6, 6.07) is 12.2. The number of carbonyl (C=O) groups excluding carboxylic acids is 2. The highest BCUT2D eigenvalue weighted by Gasteiger charge is 2.11. The maximum absolute atomic E-state index is 12.6. The number of nitrogens with one attached hydrogen (secondary N) is 4. The van der Waals surface area contributed by atoms with Crippen molar-refractivity contribution in [2.24, 2.45) is 0 Å². The molecule has 0 saturated carbocycles. The fourth-order valence-corrected chi connectivity index (χ4v) is 3.21. The Labute approximate surface area is 176 Å². The summed E-state index contributed by atoms with van der Waals surface area (Å²) in [5.41, 5.74) is 6.82. The lowest BCUT2D eigenvalue weighted by Gasteiger charge is -2.14. The largest absolute Gasteiger partial charge is 0.352 e. The molecule has 158 valence electrons. The molecule has 0 fully saturated rings. The predicted molar refractivity (Wildman–Crippen MR) is 116 cm³/mol. The molecular weight excluding hydrogens is 398 g/mol. The Morgan fingerprint density at radius 3 is 2.84 bits per heavy atom. The molecule has 10 nitrogen and oxygen atoms in total. The first-order valence-electron chi connectivity index (χ1n) is 9.82. The van der Waals surface area contributed by atoms with Gasteiger partial charge in [0.05, 0.1) is 22.6 Å². The summed E-state index contributed by atoms with van der Waals surface area (Å²) >= 11 is 0. The van der Waals surface area contributed by atoms with E-state index in [2.05, 4.69) is 31.3 Å². The molecule has 0 spiro atoms. The fraction of sp³-hybridized carbons (Fsp3) is 0.190. The highest BCUT2D eigenvalue weighted by molar-refractivity contribution is 5.97. The Morgan fingerprint density at radius 2 is 2.00 bits per heavy atom. The van der Waals surface area contributed by atoms with E-state index < -0.39 is 0 Å². The van der Waals surface area contributed by atoms with Gasteiger partial charge in [0.15, 0.2) is 0 Å². The molecule has 2 aromatic carbocycles. The molecule has 0 bridgehead atoms. The summed E-state index contributed by atoms with van der Waals surface area (Å²) in [6.07, 6.45) is 1.73. The van der Waals surface area contributed by atoms with E-state index in [0.29, 0.717) is 23.0 Å². The number of benzene rings is 2. The lowest BCUT2D eigenvalue weighted by Crippen LogP contribution is -2.36. The molecule has 2 aromatic heterocycles. The van der Waals surface area contributed by atoms with Gasteiger partial charge in [-0.25, -0.2) is 4.98 Å². The van der Waals surface area contributed by atoms with Gasteiger partial charge in [0, 0.05) is 30.5 Å². The van der Waals surface area contributed by atoms with E-state index in [1.54, 1.807) is 48.7 Å². The zero-order chi connectivity index (χ0) is 21.8. The molecule has 10 heteroatoms. The van der Waals surface area contributed by atoms with E-state index in [1.165, 1.54) is 4.57 Å². The predicted octanol–water partition coefficient (Wildman–Crippen LogP) is 1.56. The van der Waals surface area contributed by atoms with Crippen molar-refractivity contribution in [3.8, 4) is 0 Å². The van der Waals surface area contributed by atoms with E-state index >= 15 is 0 Å². The summed E-state index contributed by atoms with van der Waals surface area (Å²) in [5, 5.41) is 10.9. The van der Waals surface area contributed by atoms with Crippen LogP contribution in [0.4, 0.5) is 5.95 Å². The van der Waals surface area contributed by atoms with Crippen molar-refractivity contribution in [3.63, 3.8) is 0 Å². The van der Waals surface area contributed by atoms with Crippen LogP contribution >= 0.6 is 0 Å². The van der Waals surface area contributed by atoms with Crippen molar-refractivity contribution in [3.05, 3.63) is 64.6 Å². The number of hydrogen-bond donors (Lipinski definition) is 4. The molecule has 31 heavy (non-hydrogen) atoms. The second-order valence-corrected chi connectivity index (χ2v) is 6.85. The number of hydrogen-bond acceptors (Lipinski definition) is 6. The minimum Gasteiger partial charge on any atom is -0.352 e. The molecular formula is C21H21N7O3. The molecule has 4 rings (SSSR count). The number of rotatable bonds is 7. The van der Waals surface area contributed by atoms with Crippen molar-refractivity contribution in [2.75, 3.05) is 12.0 Å². The summed E-state index contributed by atoms with van der Waals surface area (Å²) in [6.45, 7) is 2.37. The van der Waals surface area contributed by atoms with Crippen LogP contribution in [0.15, 0.2) is 53.5 Å². The van der Waals surface area contributed by atoms with Gasteiger partial charge in [0.2, 0.25) is 11.9 Å². The first-order valence-corrected chi connectivity index (χ1v) is 9.82. The minimum absolute atomic E-state index is 0.0506. The number of nitrogens with zero attached hydrogens (tertiary/aromatic N) is 3. The highest BCUT2D eigenvalue weighted by atomic mass is 16.2. The first-order chi connectivity index (χ1) is 15.1. The van der Waals surface area contributed by atoms with Crippen LogP contribution in [0.25, 0.3) is 21.8 Å². The number of aromatic amines is 1. The fourth-order valence-electron chi connectivity index (χ4n) is 3.21. The Bertz CT molecular complexity index is 1330. The van der Waals surface area contributed by atoms with Crippen LogP contribution in [0, 0.1) is 0 Å². The van der Waals surface area contributed by atoms with E-state index in [-0.39, 0.29) is 36.3 Å². The molecule has 0 radical (unpaired) electrons. The van der Waals surface area contributed by atoms with Gasteiger partial charge >= 0.3 is 0 Å². The van der Waals surface area contributed by atoms with E-state index in [9.17, 15) is 14.4 Å². The van der Waals surface area contributed by atoms with E-state index in [1.807, 2.05) is 6.92 Å². The van der Waals surface area contributed by atoms with E-state index in [4.69, 9.17) is 0 Å². The Kier molecular flexibility index (Phi) is 5.61. The topological polar surface area (TPSA) is 134 Å². The van der Waals surface area contributed by atoms with Gasteiger partial charge in [-0.15, -0.1) is 0 Å². The molecule has 4 aromatic rings. The van der Waals surface area contributed by atoms with Gasteiger partial charge in [0.1, 0.15) is 0 Å². The van der Waals surface area contributed by atoms with Crippen LogP contribution < -0.4 is 21.7 Å². The molecule has 0 atom stereocenters. The highest BCUT2D eigenvalue weighted by Crippen LogP contribution is 2.13. The standard InChI is InChI=1S/C21H21N7O3/c1-2-28-20(31)15-5-3-4-6-16(15)24-21(28)27-26-18(29)9-10-22-19(30)13-7-8-14-12-23-25-17(14)11-13/h3-8,11-12H,2,9-10H2,1H3,(H,22,30)(H,23,25)(H,24,27)(H,26,29). The minimum atomic E-state index is -0.352. The third-order valence-electron chi connectivity index (χ3n) is 4.83. The van der Waals surface area contributed by atoms with Crippen molar-refractivity contribution >= 4 is 39.6 Å². The SMILES string of the molecule is CCn1c(NNC(=O)CCNC(=O)c2ccc3cn[nH]c3c2)nc2ccccc2c1=O. The number of amides is 2. The Balaban J connectivity index is 1.33. The lowest BCUT2D eigenvalue weighted by atomic mass is 10.1. The number of fused-ring (bicyclic) bond motifs is 2. The molecule has 2 heterocycles. The summed E-state index contributed by atoms with van der Waals surface area (Å²) in [5.74, 6) is -0.390. The van der Waals surface area contributed by atoms with Gasteiger partial charge in [-0.3, -0.25) is 34.9 Å². The van der Waals surface area contributed by atoms with E-state index in [0.717, 1.165) is 10.9 Å². The average Bonchev–Trinajstić information content (AvgIpc) is 3.25. The molecule has 0 aliphatic rings. The quantitative estimate of drug-likeness (QED) is 0.336. The maximum atomic E-state index is 12.6. The number of aromatic nitrogens is 4. The van der Waals surface area contributed by atoms with Crippen molar-refractivity contribution in [1.82, 2.24) is 30.5 Å². The first kappa shape index (κ1) is 20.1. The van der Waals surface area contributed by atoms with Crippen LogP contribution in [-0.4, -0.2) is 38.1 Å². The molecule has 0 unspecified atom stereocenters. The average molecular weight is 419 g/mol. The zero-order valence-electron chi connectivity index (χ0n) is 16.8. The van der Waals surface area contributed by atoms with Crippen LogP contribution in [-0.2, 0) is 11.3 Å². The van der Waals surface area contributed by atoms with Gasteiger partial charge < -0.3 is 5.32 Å². The monoisotopic (exact) mass is 419 g/mol. The molecule has 0 saturated heterocycles. The van der Waals surface area contributed by atoms with Crippen molar-refractivity contribution in [1.29, 1.82) is 0 Å². The van der Waals surface area contributed by atoms with Crippen molar-refractivity contribution in [2.45, 2.75) is 19.9 Å². The second-order valence-electron chi connectivity index (χ2n) is 6.85. The second kappa shape index (κ2) is 8.66. The van der Waals surface area contributed by atoms with Gasteiger partial charge in [-0.05, 0) is 31.2 Å². The molecule has 2 amide bonds. The third-order valence-corrected chi connectivity index (χ3v) is 4.83.